The van der Waals surface area contributed by atoms with Crippen LogP contribution < -0.4 is 5.32 Å². The van der Waals surface area contributed by atoms with E-state index in [1.807, 2.05) is 0 Å². The van der Waals surface area contributed by atoms with Gasteiger partial charge < -0.3 is 5.32 Å². The number of hydrogen-bond acceptors (Lipinski definition) is 3. The minimum atomic E-state index is -0.323. The molecule has 0 saturated carbocycles. The molecule has 3 aromatic rings. The van der Waals surface area contributed by atoms with Gasteiger partial charge in [-0.1, -0.05) is 18.2 Å². The summed E-state index contributed by atoms with van der Waals surface area (Å²) < 4.78 is 15.7. The number of hydrogen-bond donors (Lipinski definition) is 1. The fourth-order valence-electron chi connectivity index (χ4n) is 2.23. The minimum Gasteiger partial charge on any atom is -0.323 e. The zero-order chi connectivity index (χ0) is 15.0. The fourth-order valence-corrected chi connectivity index (χ4v) is 2.23. The molecule has 0 aliphatic heterocycles. The molecule has 106 valence electrons. The fraction of sp³-hybridized carbons (Fsp3) is 0.133. The summed E-state index contributed by atoms with van der Waals surface area (Å²) in [6.07, 6.45) is 1.76. The number of anilines is 1. The maximum absolute atomic E-state index is 14.0. The highest BCUT2D eigenvalue weighted by molar-refractivity contribution is 5.93. The summed E-state index contributed by atoms with van der Waals surface area (Å²) >= 11 is 0. The summed E-state index contributed by atoms with van der Waals surface area (Å²) in [4.78, 5) is 11.3. The van der Waals surface area contributed by atoms with Crippen LogP contribution in [0.4, 0.5) is 10.1 Å². The summed E-state index contributed by atoms with van der Waals surface area (Å²) in [6.45, 7) is 3.21. The average molecular weight is 284 g/mol. The van der Waals surface area contributed by atoms with Crippen molar-refractivity contribution in [3.8, 4) is 11.1 Å². The van der Waals surface area contributed by atoms with Gasteiger partial charge in [0.2, 0.25) is 5.91 Å². The van der Waals surface area contributed by atoms with Gasteiger partial charge in [-0.2, -0.15) is 0 Å². The van der Waals surface area contributed by atoms with Gasteiger partial charge in [0, 0.05) is 24.2 Å². The second-order valence-electron chi connectivity index (χ2n) is 4.74. The monoisotopic (exact) mass is 284 g/mol. The quantitative estimate of drug-likeness (QED) is 0.787. The van der Waals surface area contributed by atoms with E-state index in [1.165, 1.54) is 13.0 Å². The summed E-state index contributed by atoms with van der Waals surface area (Å²) in [7, 11) is 0. The molecule has 2 aromatic heterocycles. The van der Waals surface area contributed by atoms with Gasteiger partial charge in [-0.05, 0) is 19.1 Å². The highest BCUT2D eigenvalue weighted by Gasteiger charge is 2.13. The van der Waals surface area contributed by atoms with Crippen LogP contribution in [0.3, 0.4) is 0 Å². The molecule has 0 radical (unpaired) electrons. The third kappa shape index (κ3) is 2.35. The Morgan fingerprint density at radius 2 is 2.05 bits per heavy atom. The van der Waals surface area contributed by atoms with Crippen LogP contribution in [0.15, 0.2) is 36.5 Å². The topological polar surface area (TPSA) is 59.3 Å². The van der Waals surface area contributed by atoms with E-state index in [0.29, 0.717) is 28.3 Å². The lowest BCUT2D eigenvalue weighted by molar-refractivity contribution is -0.114. The number of nitrogens with one attached hydrogen (secondary N) is 1. The summed E-state index contributed by atoms with van der Waals surface area (Å²) in [5, 5.41) is 10.7. The Balaban J connectivity index is 2.27. The van der Waals surface area contributed by atoms with Crippen molar-refractivity contribution >= 4 is 17.2 Å². The standard InChI is InChI=1S/C15H13FN4O/c1-9-18-19-15-14(17-10(2)21)7-11(8-20(9)15)12-5-3-4-6-13(12)16/h3-8H,1-2H3,(H,17,21). The van der Waals surface area contributed by atoms with E-state index in [2.05, 4.69) is 15.5 Å². The highest BCUT2D eigenvalue weighted by Crippen LogP contribution is 2.28. The van der Waals surface area contributed by atoms with Crippen LogP contribution in [0, 0.1) is 12.7 Å². The second-order valence-corrected chi connectivity index (χ2v) is 4.74. The largest absolute Gasteiger partial charge is 0.323 e. The molecular formula is C15H13FN4O. The number of carbonyl (C=O) groups is 1. The molecular weight excluding hydrogens is 271 g/mol. The molecule has 0 bridgehead atoms. The maximum Gasteiger partial charge on any atom is 0.221 e. The molecule has 2 heterocycles. The number of nitrogens with zero attached hydrogens (tertiary/aromatic N) is 3. The zero-order valence-electron chi connectivity index (χ0n) is 11.6. The molecule has 0 aliphatic carbocycles. The molecule has 1 amide bonds. The van der Waals surface area contributed by atoms with Crippen molar-refractivity contribution in [3.05, 3.63) is 48.2 Å². The number of aromatic nitrogens is 3. The molecule has 0 unspecified atom stereocenters. The Morgan fingerprint density at radius 3 is 2.76 bits per heavy atom. The Hall–Kier alpha value is -2.76. The number of halogens is 1. The second kappa shape index (κ2) is 4.97. The molecule has 5 nitrogen and oxygen atoms in total. The summed E-state index contributed by atoms with van der Waals surface area (Å²) in [6, 6.07) is 8.18. The Bertz CT molecular complexity index is 841. The van der Waals surface area contributed by atoms with Crippen molar-refractivity contribution in [2.75, 3.05) is 5.32 Å². The molecule has 1 aromatic carbocycles. The molecule has 0 aliphatic rings. The van der Waals surface area contributed by atoms with Gasteiger partial charge in [0.25, 0.3) is 0 Å². The van der Waals surface area contributed by atoms with Gasteiger partial charge in [0.05, 0.1) is 5.69 Å². The lowest BCUT2D eigenvalue weighted by Crippen LogP contribution is -2.08. The first-order valence-corrected chi connectivity index (χ1v) is 6.44. The van der Waals surface area contributed by atoms with Gasteiger partial charge in [0.1, 0.15) is 11.6 Å². The number of rotatable bonds is 2. The number of pyridine rings is 1. The number of fused-ring (bicyclic) bond motifs is 1. The first kappa shape index (κ1) is 13.2. The van der Waals surface area contributed by atoms with Crippen LogP contribution in [0.5, 0.6) is 0 Å². The van der Waals surface area contributed by atoms with E-state index >= 15 is 0 Å². The van der Waals surface area contributed by atoms with Crippen LogP contribution in [0.2, 0.25) is 0 Å². The van der Waals surface area contributed by atoms with Crippen molar-refractivity contribution in [2.24, 2.45) is 0 Å². The lowest BCUT2D eigenvalue weighted by atomic mass is 10.1. The Morgan fingerprint density at radius 1 is 1.29 bits per heavy atom. The first-order chi connectivity index (χ1) is 10.1. The normalized spacial score (nSPS) is 10.8. The smallest absolute Gasteiger partial charge is 0.221 e. The van der Waals surface area contributed by atoms with Crippen LogP contribution in [0.25, 0.3) is 16.8 Å². The van der Waals surface area contributed by atoms with Crippen molar-refractivity contribution in [3.63, 3.8) is 0 Å². The van der Waals surface area contributed by atoms with Gasteiger partial charge in [0.15, 0.2) is 5.65 Å². The molecule has 0 spiro atoms. The van der Waals surface area contributed by atoms with Crippen molar-refractivity contribution in [1.29, 1.82) is 0 Å². The SMILES string of the molecule is CC(=O)Nc1cc(-c2ccccc2F)cn2c(C)nnc12. The van der Waals surface area contributed by atoms with E-state index in [1.54, 1.807) is 41.8 Å². The highest BCUT2D eigenvalue weighted by atomic mass is 19.1. The van der Waals surface area contributed by atoms with E-state index < -0.39 is 0 Å². The van der Waals surface area contributed by atoms with Crippen molar-refractivity contribution in [2.45, 2.75) is 13.8 Å². The Kier molecular flexibility index (Phi) is 3.13. The Labute approximate surface area is 120 Å². The minimum absolute atomic E-state index is 0.219. The number of aryl methyl sites for hydroxylation is 1. The van der Waals surface area contributed by atoms with E-state index in [9.17, 15) is 9.18 Å². The van der Waals surface area contributed by atoms with Gasteiger partial charge in [-0.25, -0.2) is 4.39 Å². The molecule has 6 heteroatoms. The zero-order valence-corrected chi connectivity index (χ0v) is 11.6. The first-order valence-electron chi connectivity index (χ1n) is 6.44. The molecule has 0 atom stereocenters. The van der Waals surface area contributed by atoms with Crippen molar-refractivity contribution < 1.29 is 9.18 Å². The van der Waals surface area contributed by atoms with Crippen LogP contribution in [-0.2, 0) is 4.79 Å². The maximum atomic E-state index is 14.0. The molecule has 0 fully saturated rings. The molecule has 1 N–H and O–H groups in total. The third-order valence-corrected chi connectivity index (χ3v) is 3.17. The van der Waals surface area contributed by atoms with Crippen LogP contribution in [0.1, 0.15) is 12.7 Å². The number of amides is 1. The molecule has 21 heavy (non-hydrogen) atoms. The molecule has 0 saturated heterocycles. The van der Waals surface area contributed by atoms with Crippen molar-refractivity contribution in [1.82, 2.24) is 14.6 Å². The lowest BCUT2D eigenvalue weighted by Gasteiger charge is -2.09. The number of benzene rings is 1. The van der Waals surface area contributed by atoms with E-state index in [-0.39, 0.29) is 11.7 Å². The summed E-state index contributed by atoms with van der Waals surface area (Å²) in [5.74, 6) is 0.120. The predicted molar refractivity (Wildman–Crippen MR) is 77.4 cm³/mol. The average Bonchev–Trinajstić information content (AvgIpc) is 2.81. The number of carbonyl (C=O) groups excluding carboxylic acids is 1. The van der Waals surface area contributed by atoms with Crippen LogP contribution in [-0.4, -0.2) is 20.5 Å². The van der Waals surface area contributed by atoms with Crippen LogP contribution >= 0.6 is 0 Å². The van der Waals surface area contributed by atoms with Gasteiger partial charge in [-0.15, -0.1) is 10.2 Å². The van der Waals surface area contributed by atoms with Gasteiger partial charge >= 0.3 is 0 Å². The predicted octanol–water partition coefficient (Wildman–Crippen LogP) is 2.80. The van der Waals surface area contributed by atoms with E-state index in [4.69, 9.17) is 0 Å². The molecule has 3 rings (SSSR count). The third-order valence-electron chi connectivity index (χ3n) is 3.17. The van der Waals surface area contributed by atoms with Gasteiger partial charge in [-0.3, -0.25) is 9.20 Å². The van der Waals surface area contributed by atoms with E-state index in [0.717, 1.165) is 0 Å². The summed E-state index contributed by atoms with van der Waals surface area (Å²) in [5.41, 5.74) is 2.14.